The first-order valence-electron chi connectivity index (χ1n) is 5.52. The molecule has 2 rings (SSSR count). The molecule has 17 heavy (non-hydrogen) atoms. The fourth-order valence-corrected chi connectivity index (χ4v) is 3.00. The highest BCUT2D eigenvalue weighted by atomic mass is 79.9. The van der Waals surface area contributed by atoms with E-state index in [-0.39, 0.29) is 0 Å². The Bertz CT molecular complexity index is 409. The van der Waals surface area contributed by atoms with Crippen LogP contribution >= 0.6 is 27.7 Å². The van der Waals surface area contributed by atoms with E-state index >= 15 is 0 Å². The number of thioether (sulfide) groups is 1. The number of rotatable bonds is 6. The zero-order chi connectivity index (χ0) is 12.3. The van der Waals surface area contributed by atoms with Crippen molar-refractivity contribution < 1.29 is 9.90 Å². The molecule has 0 spiro atoms. The van der Waals surface area contributed by atoms with Gasteiger partial charge in [0.25, 0.3) is 0 Å². The number of hydrogen-bond donors (Lipinski definition) is 2. The molecule has 0 aliphatic heterocycles. The van der Waals surface area contributed by atoms with E-state index in [0.717, 1.165) is 22.2 Å². The molecular formula is C12H14BrNO2S. The van der Waals surface area contributed by atoms with Crippen molar-refractivity contribution in [2.75, 3.05) is 5.75 Å². The second-order valence-electron chi connectivity index (χ2n) is 4.10. The average Bonchev–Trinajstić information content (AvgIpc) is 3.07. The van der Waals surface area contributed by atoms with E-state index in [0.29, 0.717) is 11.8 Å². The molecule has 0 saturated heterocycles. The summed E-state index contributed by atoms with van der Waals surface area (Å²) in [6.45, 7) is 0. The number of hydrogen-bond acceptors (Lipinski definition) is 3. The van der Waals surface area contributed by atoms with E-state index in [1.807, 2.05) is 24.3 Å². The summed E-state index contributed by atoms with van der Waals surface area (Å²) in [6, 6.07) is 7.87. The minimum atomic E-state index is -0.764. The first-order chi connectivity index (χ1) is 8.15. The summed E-state index contributed by atoms with van der Waals surface area (Å²) in [4.78, 5) is 12.2. The van der Waals surface area contributed by atoms with Crippen LogP contribution in [-0.2, 0) is 4.79 Å². The first-order valence-corrected chi connectivity index (χ1v) is 7.30. The van der Waals surface area contributed by atoms with Gasteiger partial charge < -0.3 is 10.4 Å². The van der Waals surface area contributed by atoms with Crippen molar-refractivity contribution in [2.45, 2.75) is 29.8 Å². The van der Waals surface area contributed by atoms with Gasteiger partial charge in [0, 0.05) is 21.2 Å². The molecule has 2 N–H and O–H groups in total. The fourth-order valence-electron chi connectivity index (χ4n) is 1.46. The van der Waals surface area contributed by atoms with Crippen LogP contribution in [0.3, 0.4) is 0 Å². The minimum absolute atomic E-state index is 0.416. The molecule has 1 aromatic rings. The van der Waals surface area contributed by atoms with Gasteiger partial charge in [-0.15, -0.1) is 11.8 Å². The third kappa shape index (κ3) is 4.33. The van der Waals surface area contributed by atoms with Crippen molar-refractivity contribution in [3.63, 3.8) is 0 Å². The number of nitrogens with one attached hydrogen (secondary N) is 1. The standard InChI is InChI=1S/C12H14BrNO2S/c13-8-2-1-3-10(6-8)17-7-11(12(15)16)14-9-4-5-9/h1-3,6,9,11,14H,4-5,7H2,(H,15,16). The molecule has 1 aliphatic rings. The number of halogens is 1. The maximum absolute atomic E-state index is 11.1. The quantitative estimate of drug-likeness (QED) is 0.793. The van der Waals surface area contributed by atoms with Crippen molar-refractivity contribution in [3.05, 3.63) is 28.7 Å². The first kappa shape index (κ1) is 12.9. The maximum atomic E-state index is 11.1. The van der Waals surface area contributed by atoms with Crippen LogP contribution in [0.4, 0.5) is 0 Å². The van der Waals surface area contributed by atoms with Crippen LogP contribution in [0.25, 0.3) is 0 Å². The highest BCUT2D eigenvalue weighted by Gasteiger charge is 2.28. The van der Waals surface area contributed by atoms with Gasteiger partial charge in [-0.3, -0.25) is 4.79 Å². The molecule has 5 heteroatoms. The van der Waals surface area contributed by atoms with E-state index in [9.17, 15) is 4.79 Å². The van der Waals surface area contributed by atoms with Gasteiger partial charge in [-0.1, -0.05) is 22.0 Å². The van der Waals surface area contributed by atoms with Gasteiger partial charge in [-0.2, -0.15) is 0 Å². The van der Waals surface area contributed by atoms with Gasteiger partial charge in [0.1, 0.15) is 6.04 Å². The Hall–Kier alpha value is -0.520. The molecule has 0 aromatic heterocycles. The van der Waals surface area contributed by atoms with Crippen LogP contribution in [0.15, 0.2) is 33.6 Å². The van der Waals surface area contributed by atoms with Gasteiger partial charge >= 0.3 is 5.97 Å². The molecule has 0 heterocycles. The molecule has 1 atom stereocenters. The molecule has 0 amide bonds. The third-order valence-electron chi connectivity index (χ3n) is 2.53. The SMILES string of the molecule is O=C(O)C(CSc1cccc(Br)c1)NC1CC1. The highest BCUT2D eigenvalue weighted by Crippen LogP contribution is 2.24. The maximum Gasteiger partial charge on any atom is 0.321 e. The van der Waals surface area contributed by atoms with Gasteiger partial charge in [0.05, 0.1) is 0 Å². The lowest BCUT2D eigenvalue weighted by Gasteiger charge is -2.13. The van der Waals surface area contributed by atoms with Crippen molar-refractivity contribution in [3.8, 4) is 0 Å². The Morgan fingerprint density at radius 1 is 1.59 bits per heavy atom. The van der Waals surface area contributed by atoms with Crippen LogP contribution in [-0.4, -0.2) is 28.9 Å². The zero-order valence-corrected chi connectivity index (χ0v) is 11.6. The van der Waals surface area contributed by atoms with Crippen LogP contribution in [0.2, 0.25) is 0 Å². The number of benzene rings is 1. The Labute approximate surface area is 113 Å². The van der Waals surface area contributed by atoms with E-state index in [1.165, 1.54) is 0 Å². The normalized spacial score (nSPS) is 16.8. The highest BCUT2D eigenvalue weighted by molar-refractivity contribution is 9.10. The summed E-state index contributed by atoms with van der Waals surface area (Å²) >= 11 is 4.97. The molecule has 1 saturated carbocycles. The molecular weight excluding hydrogens is 302 g/mol. The Morgan fingerprint density at radius 2 is 2.35 bits per heavy atom. The van der Waals surface area contributed by atoms with Crippen LogP contribution in [0.1, 0.15) is 12.8 Å². The van der Waals surface area contributed by atoms with Gasteiger partial charge in [-0.25, -0.2) is 0 Å². The van der Waals surface area contributed by atoms with E-state index < -0.39 is 12.0 Å². The lowest BCUT2D eigenvalue weighted by molar-refractivity contribution is -0.138. The van der Waals surface area contributed by atoms with E-state index in [4.69, 9.17) is 5.11 Å². The van der Waals surface area contributed by atoms with E-state index in [2.05, 4.69) is 21.2 Å². The summed E-state index contributed by atoms with van der Waals surface area (Å²) < 4.78 is 1.02. The molecule has 1 aliphatic carbocycles. The smallest absolute Gasteiger partial charge is 0.321 e. The van der Waals surface area contributed by atoms with E-state index in [1.54, 1.807) is 11.8 Å². The number of carboxylic acid groups (broad SMARTS) is 1. The second kappa shape index (κ2) is 5.89. The lowest BCUT2D eigenvalue weighted by Crippen LogP contribution is -2.40. The van der Waals surface area contributed by atoms with Crippen molar-refractivity contribution in [1.29, 1.82) is 0 Å². The van der Waals surface area contributed by atoms with Crippen molar-refractivity contribution in [2.24, 2.45) is 0 Å². The zero-order valence-electron chi connectivity index (χ0n) is 9.23. The Morgan fingerprint density at radius 3 is 2.94 bits per heavy atom. The van der Waals surface area contributed by atoms with Crippen LogP contribution in [0, 0.1) is 0 Å². The molecule has 0 bridgehead atoms. The molecule has 3 nitrogen and oxygen atoms in total. The molecule has 92 valence electrons. The number of carboxylic acids is 1. The summed E-state index contributed by atoms with van der Waals surface area (Å²) in [5.41, 5.74) is 0. The second-order valence-corrected chi connectivity index (χ2v) is 6.11. The average molecular weight is 316 g/mol. The summed E-state index contributed by atoms with van der Waals surface area (Å²) in [5, 5.41) is 12.2. The monoisotopic (exact) mass is 315 g/mol. The lowest BCUT2D eigenvalue weighted by atomic mass is 10.3. The van der Waals surface area contributed by atoms with Crippen molar-refractivity contribution in [1.82, 2.24) is 5.32 Å². The number of aliphatic carboxylic acids is 1. The summed E-state index contributed by atoms with van der Waals surface area (Å²) in [6.07, 6.45) is 2.21. The molecule has 1 fully saturated rings. The molecule has 1 aromatic carbocycles. The summed E-state index contributed by atoms with van der Waals surface area (Å²) in [5.74, 6) is -0.207. The fraction of sp³-hybridized carbons (Fsp3) is 0.417. The van der Waals surface area contributed by atoms with Gasteiger partial charge in [0.15, 0.2) is 0 Å². The Balaban J connectivity index is 1.87. The predicted octanol–water partition coefficient (Wildman–Crippen LogP) is 2.75. The largest absolute Gasteiger partial charge is 0.480 e. The van der Waals surface area contributed by atoms with Crippen molar-refractivity contribution >= 4 is 33.7 Å². The third-order valence-corrected chi connectivity index (χ3v) is 4.11. The van der Waals surface area contributed by atoms with Crippen LogP contribution in [0.5, 0.6) is 0 Å². The molecule has 1 unspecified atom stereocenters. The number of carbonyl (C=O) groups is 1. The van der Waals surface area contributed by atoms with Crippen LogP contribution < -0.4 is 5.32 Å². The minimum Gasteiger partial charge on any atom is -0.480 e. The topological polar surface area (TPSA) is 49.3 Å². The Kier molecular flexibility index (Phi) is 4.48. The summed E-state index contributed by atoms with van der Waals surface area (Å²) in [7, 11) is 0. The van der Waals surface area contributed by atoms with Gasteiger partial charge in [0.2, 0.25) is 0 Å². The molecule has 0 radical (unpaired) electrons. The van der Waals surface area contributed by atoms with Gasteiger partial charge in [-0.05, 0) is 31.0 Å². The predicted molar refractivity (Wildman–Crippen MR) is 72.4 cm³/mol.